The third-order valence-electron chi connectivity index (χ3n) is 4.13. The fourth-order valence-electron chi connectivity index (χ4n) is 2.79. The summed E-state index contributed by atoms with van der Waals surface area (Å²) in [6.45, 7) is 1.99. The van der Waals surface area contributed by atoms with E-state index in [0.29, 0.717) is 0 Å². The number of rotatable bonds is 5. The molecular weight excluding hydrogens is 288 g/mol. The Labute approximate surface area is 126 Å². The maximum atomic E-state index is 11.8. The van der Waals surface area contributed by atoms with Gasteiger partial charge in [-0.25, -0.2) is 13.1 Å². The Bertz CT molecular complexity index is 574. The van der Waals surface area contributed by atoms with Crippen LogP contribution in [0, 0.1) is 0 Å². The van der Waals surface area contributed by atoms with E-state index in [4.69, 9.17) is 0 Å². The first kappa shape index (κ1) is 16.4. The van der Waals surface area contributed by atoms with Crippen molar-refractivity contribution in [2.75, 3.05) is 7.05 Å². The van der Waals surface area contributed by atoms with Gasteiger partial charge in [-0.15, -0.1) is 0 Å². The van der Waals surface area contributed by atoms with Crippen LogP contribution in [0.15, 0.2) is 29.2 Å². The molecule has 0 bridgehead atoms. The van der Waals surface area contributed by atoms with Crippen LogP contribution in [-0.2, 0) is 10.0 Å². The third-order valence-corrected chi connectivity index (χ3v) is 5.54. The molecule has 5 nitrogen and oxygen atoms in total. The SMILES string of the molecule is CNS(=O)(=O)c1cccc(C(C)NC2CCCCC2O)c1. The van der Waals surface area contributed by atoms with E-state index >= 15 is 0 Å². The zero-order chi connectivity index (χ0) is 15.5. The minimum atomic E-state index is -3.43. The Balaban J connectivity index is 2.12. The summed E-state index contributed by atoms with van der Waals surface area (Å²) >= 11 is 0. The second-order valence-electron chi connectivity index (χ2n) is 5.63. The summed E-state index contributed by atoms with van der Waals surface area (Å²) in [4.78, 5) is 0.264. The molecule has 3 atom stereocenters. The van der Waals surface area contributed by atoms with Gasteiger partial charge in [-0.1, -0.05) is 25.0 Å². The quantitative estimate of drug-likeness (QED) is 0.771. The van der Waals surface area contributed by atoms with Crippen molar-refractivity contribution >= 4 is 10.0 Å². The van der Waals surface area contributed by atoms with Crippen LogP contribution in [0.5, 0.6) is 0 Å². The molecule has 1 fully saturated rings. The van der Waals surface area contributed by atoms with Crippen LogP contribution in [0.4, 0.5) is 0 Å². The zero-order valence-corrected chi connectivity index (χ0v) is 13.4. The van der Waals surface area contributed by atoms with Crippen molar-refractivity contribution in [2.24, 2.45) is 0 Å². The lowest BCUT2D eigenvalue weighted by atomic mass is 9.91. The molecule has 0 aromatic heterocycles. The monoisotopic (exact) mass is 312 g/mol. The number of sulfonamides is 1. The Hall–Kier alpha value is -0.950. The van der Waals surface area contributed by atoms with Crippen molar-refractivity contribution in [3.63, 3.8) is 0 Å². The predicted octanol–water partition coefficient (Wildman–Crippen LogP) is 1.55. The minimum Gasteiger partial charge on any atom is -0.392 e. The Kier molecular flexibility index (Phi) is 5.37. The van der Waals surface area contributed by atoms with E-state index in [9.17, 15) is 13.5 Å². The average molecular weight is 312 g/mol. The second kappa shape index (κ2) is 6.87. The van der Waals surface area contributed by atoms with Gasteiger partial charge in [0, 0.05) is 12.1 Å². The minimum absolute atomic E-state index is 0.00486. The van der Waals surface area contributed by atoms with Crippen LogP contribution in [-0.4, -0.2) is 32.7 Å². The molecule has 6 heteroatoms. The van der Waals surface area contributed by atoms with E-state index in [1.807, 2.05) is 13.0 Å². The largest absolute Gasteiger partial charge is 0.392 e. The van der Waals surface area contributed by atoms with Crippen molar-refractivity contribution in [3.05, 3.63) is 29.8 Å². The molecule has 1 aliphatic carbocycles. The summed E-state index contributed by atoms with van der Waals surface area (Å²) in [5.74, 6) is 0. The van der Waals surface area contributed by atoms with Crippen molar-refractivity contribution in [1.82, 2.24) is 10.0 Å². The van der Waals surface area contributed by atoms with Gasteiger partial charge in [0.25, 0.3) is 0 Å². The topological polar surface area (TPSA) is 78.4 Å². The predicted molar refractivity (Wildman–Crippen MR) is 82.5 cm³/mol. The molecule has 2 rings (SSSR count). The number of hydrogen-bond donors (Lipinski definition) is 3. The average Bonchev–Trinajstić information content (AvgIpc) is 2.49. The molecule has 0 spiro atoms. The van der Waals surface area contributed by atoms with Crippen LogP contribution >= 0.6 is 0 Å². The molecule has 1 aromatic carbocycles. The number of aliphatic hydroxyl groups is 1. The second-order valence-corrected chi connectivity index (χ2v) is 7.51. The summed E-state index contributed by atoms with van der Waals surface area (Å²) in [6, 6.07) is 6.99. The van der Waals surface area contributed by atoms with Gasteiger partial charge < -0.3 is 10.4 Å². The summed E-state index contributed by atoms with van der Waals surface area (Å²) in [6.07, 6.45) is 3.67. The van der Waals surface area contributed by atoms with Crippen LogP contribution in [0.2, 0.25) is 0 Å². The highest BCUT2D eigenvalue weighted by atomic mass is 32.2. The normalized spacial score (nSPS) is 24.7. The molecule has 21 heavy (non-hydrogen) atoms. The van der Waals surface area contributed by atoms with Crippen LogP contribution in [0.3, 0.4) is 0 Å². The van der Waals surface area contributed by atoms with Gasteiger partial charge in [0.2, 0.25) is 10.0 Å². The highest BCUT2D eigenvalue weighted by molar-refractivity contribution is 7.89. The molecule has 3 unspecified atom stereocenters. The number of nitrogens with one attached hydrogen (secondary N) is 2. The standard InChI is InChI=1S/C15H24N2O3S/c1-11(17-14-8-3-4-9-15(14)18)12-6-5-7-13(10-12)21(19,20)16-2/h5-7,10-11,14-18H,3-4,8-9H2,1-2H3. The molecular formula is C15H24N2O3S. The van der Waals surface area contributed by atoms with Crippen LogP contribution in [0.25, 0.3) is 0 Å². The fourth-order valence-corrected chi connectivity index (χ4v) is 3.58. The van der Waals surface area contributed by atoms with Crippen LogP contribution in [0.1, 0.15) is 44.2 Å². The summed E-state index contributed by atoms with van der Waals surface area (Å²) < 4.78 is 26.0. The Morgan fingerprint density at radius 2 is 2.00 bits per heavy atom. The lowest BCUT2D eigenvalue weighted by Crippen LogP contribution is -2.43. The molecule has 118 valence electrons. The molecule has 0 aliphatic heterocycles. The van der Waals surface area contributed by atoms with Gasteiger partial charge in [0.15, 0.2) is 0 Å². The van der Waals surface area contributed by atoms with Crippen molar-refractivity contribution in [1.29, 1.82) is 0 Å². The van der Waals surface area contributed by atoms with E-state index in [1.165, 1.54) is 7.05 Å². The van der Waals surface area contributed by atoms with E-state index in [0.717, 1.165) is 31.2 Å². The van der Waals surface area contributed by atoms with Gasteiger partial charge >= 0.3 is 0 Å². The Morgan fingerprint density at radius 1 is 1.29 bits per heavy atom. The first-order valence-corrected chi connectivity index (χ1v) is 8.90. The van der Waals surface area contributed by atoms with Gasteiger partial charge in [0.1, 0.15) is 0 Å². The summed E-state index contributed by atoms with van der Waals surface area (Å²) in [5.41, 5.74) is 0.907. The first-order valence-electron chi connectivity index (χ1n) is 7.41. The van der Waals surface area contributed by atoms with Crippen molar-refractivity contribution < 1.29 is 13.5 Å². The molecule has 3 N–H and O–H groups in total. The van der Waals surface area contributed by atoms with E-state index in [1.54, 1.807) is 18.2 Å². The number of benzene rings is 1. The maximum absolute atomic E-state index is 11.8. The summed E-state index contributed by atoms with van der Waals surface area (Å²) in [5, 5.41) is 13.4. The molecule has 0 amide bonds. The van der Waals surface area contributed by atoms with E-state index < -0.39 is 10.0 Å². The number of aliphatic hydroxyl groups excluding tert-OH is 1. The zero-order valence-electron chi connectivity index (χ0n) is 12.5. The highest BCUT2D eigenvalue weighted by Crippen LogP contribution is 2.23. The molecule has 0 heterocycles. The molecule has 0 radical (unpaired) electrons. The molecule has 1 aromatic rings. The van der Waals surface area contributed by atoms with Crippen LogP contribution < -0.4 is 10.0 Å². The Morgan fingerprint density at radius 3 is 2.67 bits per heavy atom. The lowest BCUT2D eigenvalue weighted by Gasteiger charge is -2.31. The van der Waals surface area contributed by atoms with E-state index in [2.05, 4.69) is 10.0 Å². The third kappa shape index (κ3) is 4.03. The van der Waals surface area contributed by atoms with Crippen molar-refractivity contribution in [3.8, 4) is 0 Å². The van der Waals surface area contributed by atoms with Gasteiger partial charge in [0.05, 0.1) is 11.0 Å². The molecule has 0 saturated heterocycles. The smallest absolute Gasteiger partial charge is 0.240 e. The van der Waals surface area contributed by atoms with Gasteiger partial charge in [-0.2, -0.15) is 0 Å². The first-order chi connectivity index (χ1) is 9.94. The lowest BCUT2D eigenvalue weighted by molar-refractivity contribution is 0.0859. The molecule has 1 saturated carbocycles. The van der Waals surface area contributed by atoms with E-state index in [-0.39, 0.29) is 23.1 Å². The van der Waals surface area contributed by atoms with Gasteiger partial charge in [-0.3, -0.25) is 0 Å². The highest BCUT2D eigenvalue weighted by Gasteiger charge is 2.24. The van der Waals surface area contributed by atoms with Gasteiger partial charge in [-0.05, 0) is 44.5 Å². The van der Waals surface area contributed by atoms with Crippen molar-refractivity contribution in [2.45, 2.75) is 55.7 Å². The number of hydrogen-bond acceptors (Lipinski definition) is 4. The fraction of sp³-hybridized carbons (Fsp3) is 0.600. The summed E-state index contributed by atoms with van der Waals surface area (Å²) in [7, 11) is -2.02. The molecule has 1 aliphatic rings. The maximum Gasteiger partial charge on any atom is 0.240 e.